The fraction of sp³-hybridized carbons (Fsp3) is 0.105. The Balaban J connectivity index is 1.78. The van der Waals surface area contributed by atoms with Gasteiger partial charge in [-0.15, -0.1) is 0 Å². The maximum absolute atomic E-state index is 14.1. The van der Waals surface area contributed by atoms with Gasteiger partial charge in [0.15, 0.2) is 0 Å². The summed E-state index contributed by atoms with van der Waals surface area (Å²) in [5.74, 6) is -1.23. The van der Waals surface area contributed by atoms with Gasteiger partial charge in [0, 0.05) is 23.7 Å². The van der Waals surface area contributed by atoms with Crippen molar-refractivity contribution in [1.82, 2.24) is 9.78 Å². The van der Waals surface area contributed by atoms with Crippen LogP contribution in [0, 0.1) is 5.82 Å². The SMILES string of the molecule is CC(=O)Nc1ccc(F)c(C(=O)Nc2ccnn2Cc2ccc(Cl)cc2)c1. The number of nitrogens with one attached hydrogen (secondary N) is 2. The van der Waals surface area contributed by atoms with Crippen LogP contribution < -0.4 is 10.6 Å². The Labute approximate surface area is 160 Å². The summed E-state index contributed by atoms with van der Waals surface area (Å²) < 4.78 is 15.6. The van der Waals surface area contributed by atoms with E-state index in [4.69, 9.17) is 11.6 Å². The number of aromatic nitrogens is 2. The van der Waals surface area contributed by atoms with Crippen LogP contribution in [-0.4, -0.2) is 21.6 Å². The molecule has 8 heteroatoms. The predicted molar refractivity (Wildman–Crippen MR) is 101 cm³/mol. The molecule has 0 aliphatic heterocycles. The van der Waals surface area contributed by atoms with E-state index in [0.29, 0.717) is 23.1 Å². The summed E-state index contributed by atoms with van der Waals surface area (Å²) in [6.07, 6.45) is 1.54. The maximum Gasteiger partial charge on any atom is 0.259 e. The lowest BCUT2D eigenvalue weighted by atomic mass is 10.1. The Kier molecular flexibility index (Phi) is 5.52. The highest BCUT2D eigenvalue weighted by atomic mass is 35.5. The molecule has 138 valence electrons. The first-order valence-corrected chi connectivity index (χ1v) is 8.45. The first-order valence-electron chi connectivity index (χ1n) is 8.07. The molecule has 0 atom stereocenters. The van der Waals surface area contributed by atoms with Crippen LogP contribution in [0.5, 0.6) is 0 Å². The van der Waals surface area contributed by atoms with Crippen molar-refractivity contribution in [3.8, 4) is 0 Å². The second-order valence-electron chi connectivity index (χ2n) is 5.83. The minimum Gasteiger partial charge on any atom is -0.326 e. The molecule has 2 N–H and O–H groups in total. The molecule has 6 nitrogen and oxygen atoms in total. The van der Waals surface area contributed by atoms with Crippen molar-refractivity contribution in [3.05, 3.63) is 76.7 Å². The number of benzene rings is 2. The van der Waals surface area contributed by atoms with Crippen LogP contribution in [0.4, 0.5) is 15.9 Å². The number of amides is 2. The monoisotopic (exact) mass is 386 g/mol. The highest BCUT2D eigenvalue weighted by Gasteiger charge is 2.15. The minimum absolute atomic E-state index is 0.180. The smallest absolute Gasteiger partial charge is 0.259 e. The number of anilines is 2. The summed E-state index contributed by atoms with van der Waals surface area (Å²) in [5, 5.41) is 9.97. The zero-order valence-electron chi connectivity index (χ0n) is 14.4. The summed E-state index contributed by atoms with van der Waals surface area (Å²) in [7, 11) is 0. The van der Waals surface area contributed by atoms with E-state index in [-0.39, 0.29) is 11.5 Å². The maximum atomic E-state index is 14.1. The predicted octanol–water partition coefficient (Wildman–Crippen LogP) is 3.93. The van der Waals surface area contributed by atoms with Crippen molar-refractivity contribution in [1.29, 1.82) is 0 Å². The average Bonchev–Trinajstić information content (AvgIpc) is 3.05. The highest BCUT2D eigenvalue weighted by molar-refractivity contribution is 6.30. The van der Waals surface area contributed by atoms with Gasteiger partial charge in [-0.25, -0.2) is 9.07 Å². The van der Waals surface area contributed by atoms with E-state index >= 15 is 0 Å². The quantitative estimate of drug-likeness (QED) is 0.697. The van der Waals surface area contributed by atoms with E-state index < -0.39 is 11.7 Å². The largest absolute Gasteiger partial charge is 0.326 e. The topological polar surface area (TPSA) is 76.0 Å². The second kappa shape index (κ2) is 8.01. The summed E-state index contributed by atoms with van der Waals surface area (Å²) in [4.78, 5) is 23.6. The third-order valence-electron chi connectivity index (χ3n) is 3.74. The standard InChI is InChI=1S/C19H16ClFN4O2/c1-12(26)23-15-6-7-17(21)16(10-15)19(27)24-18-8-9-22-25(18)11-13-2-4-14(20)5-3-13/h2-10H,11H2,1H3,(H,23,26)(H,24,27). The number of carbonyl (C=O) groups excluding carboxylic acids is 2. The van der Waals surface area contributed by atoms with Crippen LogP contribution in [0.1, 0.15) is 22.8 Å². The van der Waals surface area contributed by atoms with E-state index in [9.17, 15) is 14.0 Å². The Morgan fingerprint density at radius 3 is 2.56 bits per heavy atom. The summed E-state index contributed by atoms with van der Waals surface area (Å²) in [5.41, 5.74) is 1.10. The van der Waals surface area contributed by atoms with Crippen molar-refractivity contribution in [2.75, 3.05) is 10.6 Å². The number of halogens is 2. The lowest BCUT2D eigenvalue weighted by Crippen LogP contribution is -2.18. The van der Waals surface area contributed by atoms with Crippen molar-refractivity contribution < 1.29 is 14.0 Å². The molecule has 2 amide bonds. The van der Waals surface area contributed by atoms with E-state index in [1.54, 1.807) is 22.9 Å². The Bertz CT molecular complexity index is 986. The molecule has 1 aromatic heterocycles. The molecule has 0 unspecified atom stereocenters. The Hall–Kier alpha value is -3.19. The molecule has 0 saturated carbocycles. The molecule has 3 rings (SSSR count). The molecule has 0 saturated heterocycles. The number of rotatable bonds is 5. The van der Waals surface area contributed by atoms with Crippen molar-refractivity contribution in [2.24, 2.45) is 0 Å². The fourth-order valence-electron chi connectivity index (χ4n) is 2.49. The van der Waals surface area contributed by atoms with Crippen LogP contribution in [0.15, 0.2) is 54.7 Å². The molecule has 3 aromatic rings. The molecule has 0 bridgehead atoms. The lowest BCUT2D eigenvalue weighted by molar-refractivity contribution is -0.114. The zero-order chi connectivity index (χ0) is 19.4. The molecule has 0 aliphatic carbocycles. The first kappa shape index (κ1) is 18.6. The number of hydrogen-bond donors (Lipinski definition) is 2. The summed E-state index contributed by atoms with van der Waals surface area (Å²) in [6.45, 7) is 1.74. The van der Waals surface area contributed by atoms with E-state index in [0.717, 1.165) is 11.6 Å². The lowest BCUT2D eigenvalue weighted by Gasteiger charge is -2.11. The average molecular weight is 387 g/mol. The zero-order valence-corrected chi connectivity index (χ0v) is 15.1. The molecule has 0 spiro atoms. The van der Waals surface area contributed by atoms with E-state index in [1.807, 2.05) is 12.1 Å². The van der Waals surface area contributed by atoms with Crippen LogP contribution in [0.3, 0.4) is 0 Å². The highest BCUT2D eigenvalue weighted by Crippen LogP contribution is 2.18. The normalized spacial score (nSPS) is 10.5. The van der Waals surface area contributed by atoms with Gasteiger partial charge in [0.1, 0.15) is 11.6 Å². The van der Waals surface area contributed by atoms with Gasteiger partial charge < -0.3 is 10.6 Å². The second-order valence-corrected chi connectivity index (χ2v) is 6.27. The van der Waals surface area contributed by atoms with E-state index in [2.05, 4.69) is 15.7 Å². The van der Waals surface area contributed by atoms with Gasteiger partial charge in [-0.2, -0.15) is 5.10 Å². The van der Waals surface area contributed by atoms with Gasteiger partial charge in [-0.05, 0) is 35.9 Å². The van der Waals surface area contributed by atoms with Crippen LogP contribution in [0.25, 0.3) is 0 Å². The number of nitrogens with zero attached hydrogens (tertiary/aromatic N) is 2. The molecular formula is C19H16ClFN4O2. The van der Waals surface area contributed by atoms with Crippen LogP contribution in [0.2, 0.25) is 5.02 Å². The third-order valence-corrected chi connectivity index (χ3v) is 3.99. The van der Waals surface area contributed by atoms with Crippen molar-refractivity contribution in [2.45, 2.75) is 13.5 Å². The fourth-order valence-corrected chi connectivity index (χ4v) is 2.62. The van der Waals surface area contributed by atoms with Gasteiger partial charge in [-0.1, -0.05) is 23.7 Å². The molecule has 0 aliphatic rings. The van der Waals surface area contributed by atoms with Crippen molar-refractivity contribution >= 4 is 34.9 Å². The Morgan fingerprint density at radius 1 is 1.11 bits per heavy atom. The van der Waals surface area contributed by atoms with Gasteiger partial charge >= 0.3 is 0 Å². The summed E-state index contributed by atoms with van der Waals surface area (Å²) >= 11 is 5.88. The third kappa shape index (κ3) is 4.71. The molecule has 2 aromatic carbocycles. The van der Waals surface area contributed by atoms with Gasteiger partial charge in [0.05, 0.1) is 18.3 Å². The number of carbonyl (C=O) groups is 2. The molecular weight excluding hydrogens is 371 g/mol. The van der Waals surface area contributed by atoms with Crippen molar-refractivity contribution in [3.63, 3.8) is 0 Å². The van der Waals surface area contributed by atoms with E-state index in [1.165, 1.54) is 25.3 Å². The number of hydrogen-bond acceptors (Lipinski definition) is 3. The van der Waals surface area contributed by atoms with Gasteiger partial charge in [-0.3, -0.25) is 9.59 Å². The molecule has 27 heavy (non-hydrogen) atoms. The molecule has 0 radical (unpaired) electrons. The van der Waals surface area contributed by atoms with Gasteiger partial charge in [0.25, 0.3) is 5.91 Å². The van der Waals surface area contributed by atoms with Gasteiger partial charge in [0.2, 0.25) is 5.91 Å². The summed E-state index contributed by atoms with van der Waals surface area (Å²) in [6, 6.07) is 12.7. The van der Waals surface area contributed by atoms with Crippen LogP contribution >= 0.6 is 11.6 Å². The Morgan fingerprint density at radius 2 is 1.85 bits per heavy atom. The molecule has 1 heterocycles. The van der Waals surface area contributed by atoms with Crippen LogP contribution in [-0.2, 0) is 11.3 Å². The minimum atomic E-state index is -0.689. The molecule has 0 fully saturated rings. The first-order chi connectivity index (χ1) is 12.9.